The Bertz CT molecular complexity index is 1120. The molecule has 0 aliphatic carbocycles. The Kier molecular flexibility index (Phi) is 5.31. The van der Waals surface area contributed by atoms with Crippen molar-refractivity contribution < 1.29 is 9.13 Å². The molecule has 0 aliphatic heterocycles. The van der Waals surface area contributed by atoms with Crippen molar-refractivity contribution in [1.29, 1.82) is 0 Å². The summed E-state index contributed by atoms with van der Waals surface area (Å²) in [6.07, 6.45) is 4.15. The Hall–Kier alpha value is -3.54. The van der Waals surface area contributed by atoms with Gasteiger partial charge in [-0.2, -0.15) is 10.2 Å². The van der Waals surface area contributed by atoms with E-state index in [4.69, 9.17) is 4.74 Å². The van der Waals surface area contributed by atoms with Crippen LogP contribution in [-0.4, -0.2) is 20.0 Å². The molecule has 6 heteroatoms. The molecule has 0 bridgehead atoms. The molecule has 0 fully saturated rings. The summed E-state index contributed by atoms with van der Waals surface area (Å²) >= 11 is 0. The van der Waals surface area contributed by atoms with Gasteiger partial charge >= 0.3 is 0 Å². The molecule has 2 aromatic carbocycles. The number of hydrogen-bond donors (Lipinski definition) is 0. The number of benzene rings is 2. The van der Waals surface area contributed by atoms with Crippen molar-refractivity contribution >= 4 is 0 Å². The van der Waals surface area contributed by atoms with Gasteiger partial charge in [-0.15, -0.1) is 4.80 Å². The molecular formula is C24H23FN4O. The fraction of sp³-hybridized carbons (Fsp3) is 0.208. The van der Waals surface area contributed by atoms with Crippen LogP contribution in [0.15, 0.2) is 73.2 Å². The van der Waals surface area contributed by atoms with E-state index in [2.05, 4.69) is 72.4 Å². The van der Waals surface area contributed by atoms with Gasteiger partial charge in [-0.25, -0.2) is 4.39 Å². The van der Waals surface area contributed by atoms with Gasteiger partial charge in [0, 0.05) is 5.41 Å². The van der Waals surface area contributed by atoms with E-state index in [1.54, 1.807) is 6.07 Å². The normalized spacial score (nSPS) is 11.5. The van der Waals surface area contributed by atoms with Crippen molar-refractivity contribution in [3.8, 4) is 11.4 Å². The van der Waals surface area contributed by atoms with Crippen LogP contribution in [-0.2, 0) is 12.0 Å². The number of aromatic nitrogens is 4. The molecule has 0 aliphatic rings. The maximum atomic E-state index is 14.0. The SMILES string of the molecule is Cc1ccc(C(C)(C)c2ccc(OCc3cc(-n4nccn4)c(F)cn3)cc2)cc1. The number of nitrogens with zero attached hydrogens (tertiary/aromatic N) is 4. The monoisotopic (exact) mass is 402 g/mol. The van der Waals surface area contributed by atoms with E-state index in [1.165, 1.54) is 33.9 Å². The van der Waals surface area contributed by atoms with Gasteiger partial charge in [0.15, 0.2) is 5.82 Å². The van der Waals surface area contributed by atoms with Crippen molar-refractivity contribution in [3.63, 3.8) is 0 Å². The minimum Gasteiger partial charge on any atom is -0.487 e. The maximum absolute atomic E-state index is 14.0. The molecular weight excluding hydrogens is 379 g/mol. The van der Waals surface area contributed by atoms with Crippen LogP contribution in [0.4, 0.5) is 4.39 Å². The second-order valence-corrected chi connectivity index (χ2v) is 7.75. The third-order valence-electron chi connectivity index (χ3n) is 5.26. The van der Waals surface area contributed by atoms with Gasteiger partial charge in [-0.05, 0) is 36.2 Å². The zero-order valence-corrected chi connectivity index (χ0v) is 17.2. The summed E-state index contributed by atoms with van der Waals surface area (Å²) in [5.41, 5.74) is 4.43. The van der Waals surface area contributed by atoms with Gasteiger partial charge in [0.05, 0.1) is 24.3 Å². The van der Waals surface area contributed by atoms with E-state index in [1.807, 2.05) is 12.1 Å². The highest BCUT2D eigenvalue weighted by Gasteiger charge is 2.22. The summed E-state index contributed by atoms with van der Waals surface area (Å²) in [5.74, 6) is 0.237. The molecule has 0 unspecified atom stereocenters. The van der Waals surface area contributed by atoms with Crippen molar-refractivity contribution in [2.75, 3.05) is 0 Å². The first-order chi connectivity index (χ1) is 14.4. The predicted molar refractivity (Wildman–Crippen MR) is 113 cm³/mol. The van der Waals surface area contributed by atoms with E-state index in [-0.39, 0.29) is 17.7 Å². The third kappa shape index (κ3) is 4.08. The van der Waals surface area contributed by atoms with E-state index in [0.29, 0.717) is 5.69 Å². The molecule has 0 atom stereocenters. The second-order valence-electron chi connectivity index (χ2n) is 7.75. The average molecular weight is 402 g/mol. The number of rotatable bonds is 6. The summed E-state index contributed by atoms with van der Waals surface area (Å²) in [5, 5.41) is 7.93. The highest BCUT2D eigenvalue weighted by molar-refractivity contribution is 5.41. The van der Waals surface area contributed by atoms with Gasteiger partial charge in [0.25, 0.3) is 0 Å². The molecule has 4 aromatic rings. The highest BCUT2D eigenvalue weighted by Crippen LogP contribution is 2.32. The van der Waals surface area contributed by atoms with Crippen LogP contribution >= 0.6 is 0 Å². The number of aryl methyl sites for hydroxylation is 1. The Balaban J connectivity index is 1.47. The summed E-state index contributed by atoms with van der Waals surface area (Å²) in [7, 11) is 0. The molecule has 0 saturated carbocycles. The van der Waals surface area contributed by atoms with E-state index >= 15 is 0 Å². The summed E-state index contributed by atoms with van der Waals surface area (Å²) < 4.78 is 19.9. The lowest BCUT2D eigenvalue weighted by molar-refractivity contribution is 0.300. The standard InChI is InChI=1S/C24H23FN4O/c1-17-4-6-18(7-5-17)24(2,3)19-8-10-21(11-9-19)30-16-20-14-23(22(25)15-26-20)29-27-12-13-28-29/h4-15H,16H2,1-3H3. The molecule has 0 amide bonds. The smallest absolute Gasteiger partial charge is 0.168 e. The molecule has 4 rings (SSSR count). The van der Waals surface area contributed by atoms with E-state index < -0.39 is 5.82 Å². The predicted octanol–water partition coefficient (Wildman–Crippen LogP) is 5.01. The molecule has 152 valence electrons. The van der Waals surface area contributed by atoms with Gasteiger partial charge in [0.2, 0.25) is 0 Å². The molecule has 0 radical (unpaired) electrons. The van der Waals surface area contributed by atoms with Crippen LogP contribution in [0.1, 0.15) is 36.2 Å². The first-order valence-corrected chi connectivity index (χ1v) is 9.75. The van der Waals surface area contributed by atoms with Gasteiger partial charge in [-0.3, -0.25) is 4.98 Å². The molecule has 0 N–H and O–H groups in total. The summed E-state index contributed by atoms with van der Waals surface area (Å²) in [4.78, 5) is 5.32. The fourth-order valence-corrected chi connectivity index (χ4v) is 3.30. The zero-order chi connectivity index (χ0) is 21.1. The number of pyridine rings is 1. The van der Waals surface area contributed by atoms with E-state index in [0.717, 1.165) is 11.9 Å². The second kappa shape index (κ2) is 8.06. The lowest BCUT2D eigenvalue weighted by Gasteiger charge is -2.26. The number of ether oxygens (including phenoxy) is 1. The quantitative estimate of drug-likeness (QED) is 0.455. The van der Waals surface area contributed by atoms with Gasteiger partial charge in [-0.1, -0.05) is 55.8 Å². The van der Waals surface area contributed by atoms with Crippen molar-refractivity contribution in [1.82, 2.24) is 20.0 Å². The summed E-state index contributed by atoms with van der Waals surface area (Å²) in [6.45, 7) is 6.73. The van der Waals surface area contributed by atoms with Gasteiger partial charge < -0.3 is 4.74 Å². The third-order valence-corrected chi connectivity index (χ3v) is 5.26. The van der Waals surface area contributed by atoms with Crippen molar-refractivity contribution in [2.24, 2.45) is 0 Å². The number of halogens is 1. The first-order valence-electron chi connectivity index (χ1n) is 9.75. The highest BCUT2D eigenvalue weighted by atomic mass is 19.1. The van der Waals surface area contributed by atoms with Crippen LogP contribution in [0, 0.1) is 12.7 Å². The topological polar surface area (TPSA) is 52.8 Å². The van der Waals surface area contributed by atoms with Crippen molar-refractivity contribution in [3.05, 3.63) is 101 Å². The molecule has 30 heavy (non-hydrogen) atoms. The molecule has 0 spiro atoms. The van der Waals surface area contributed by atoms with Crippen LogP contribution < -0.4 is 4.74 Å². The fourth-order valence-electron chi connectivity index (χ4n) is 3.30. The molecule has 2 heterocycles. The maximum Gasteiger partial charge on any atom is 0.168 e. The molecule has 2 aromatic heterocycles. The molecule has 0 saturated heterocycles. The van der Waals surface area contributed by atoms with Crippen LogP contribution in [0.2, 0.25) is 0 Å². The Morgan fingerprint density at radius 1 is 0.933 bits per heavy atom. The Morgan fingerprint density at radius 2 is 1.53 bits per heavy atom. The lowest BCUT2D eigenvalue weighted by atomic mass is 9.78. The largest absolute Gasteiger partial charge is 0.487 e. The van der Waals surface area contributed by atoms with Crippen molar-refractivity contribution in [2.45, 2.75) is 32.8 Å². The Morgan fingerprint density at radius 3 is 2.17 bits per heavy atom. The minimum absolute atomic E-state index is 0.115. The van der Waals surface area contributed by atoms with Crippen LogP contribution in [0.25, 0.3) is 5.69 Å². The van der Waals surface area contributed by atoms with E-state index in [9.17, 15) is 4.39 Å². The van der Waals surface area contributed by atoms with Crippen LogP contribution in [0.5, 0.6) is 5.75 Å². The number of hydrogen-bond acceptors (Lipinski definition) is 4. The summed E-state index contributed by atoms with van der Waals surface area (Å²) in [6, 6.07) is 18.3. The van der Waals surface area contributed by atoms with Crippen LogP contribution in [0.3, 0.4) is 0 Å². The Labute approximate surface area is 175 Å². The lowest BCUT2D eigenvalue weighted by Crippen LogP contribution is -2.18. The molecule has 5 nitrogen and oxygen atoms in total. The van der Waals surface area contributed by atoms with Gasteiger partial charge in [0.1, 0.15) is 18.0 Å². The average Bonchev–Trinajstić information content (AvgIpc) is 3.28. The zero-order valence-electron chi connectivity index (χ0n) is 17.2. The first kappa shape index (κ1) is 19.8. The minimum atomic E-state index is -0.488.